The van der Waals surface area contributed by atoms with Gasteiger partial charge < -0.3 is 19.9 Å². The first kappa shape index (κ1) is 22.2. The van der Waals surface area contributed by atoms with E-state index in [0.717, 1.165) is 44.6 Å². The molecule has 7 nitrogen and oxygen atoms in total. The number of hydrogen-bond acceptors (Lipinski definition) is 5. The zero-order chi connectivity index (χ0) is 21.8. The van der Waals surface area contributed by atoms with Crippen LogP contribution in [0.25, 0.3) is 0 Å². The van der Waals surface area contributed by atoms with Crippen molar-refractivity contribution in [1.82, 2.24) is 20.0 Å². The zero-order valence-corrected chi connectivity index (χ0v) is 18.3. The number of benzene rings is 1. The first-order chi connectivity index (χ1) is 15.0. The Morgan fingerprint density at radius 3 is 2.61 bits per heavy atom. The molecule has 0 spiro atoms. The van der Waals surface area contributed by atoms with E-state index in [4.69, 9.17) is 4.74 Å². The van der Waals surface area contributed by atoms with Gasteiger partial charge in [0.1, 0.15) is 11.9 Å². The molecule has 3 aliphatic heterocycles. The smallest absolute Gasteiger partial charge is 0.245 e. The number of hydrogen-bond donors (Lipinski definition) is 1. The van der Waals surface area contributed by atoms with Gasteiger partial charge in [0.05, 0.1) is 6.10 Å². The van der Waals surface area contributed by atoms with Crippen molar-refractivity contribution in [2.24, 2.45) is 0 Å². The van der Waals surface area contributed by atoms with E-state index >= 15 is 0 Å². The van der Waals surface area contributed by atoms with Gasteiger partial charge in [0, 0.05) is 65.4 Å². The van der Waals surface area contributed by atoms with Crippen LogP contribution in [0, 0.1) is 5.82 Å². The average molecular weight is 433 g/mol. The van der Waals surface area contributed by atoms with Crippen molar-refractivity contribution in [2.75, 3.05) is 45.9 Å². The molecule has 31 heavy (non-hydrogen) atoms. The lowest BCUT2D eigenvalue weighted by atomic mass is 10.1. The molecule has 0 bridgehead atoms. The van der Waals surface area contributed by atoms with Gasteiger partial charge in [0.15, 0.2) is 0 Å². The standard InChI is InChI=1S/C23H33FN4O3/c1-17(29)28-15-20(13-22(28)23(30)26-10-8-25-9-11-26)27(16-21-3-2-12-31-21)14-18-4-6-19(24)7-5-18/h4-7,20-22,25H,2-3,8-16H2,1H3. The summed E-state index contributed by atoms with van der Waals surface area (Å²) >= 11 is 0. The third-order valence-electron chi connectivity index (χ3n) is 6.67. The molecule has 0 aromatic heterocycles. The molecule has 4 rings (SSSR count). The van der Waals surface area contributed by atoms with Gasteiger partial charge in [-0.25, -0.2) is 4.39 Å². The Balaban J connectivity index is 1.51. The summed E-state index contributed by atoms with van der Waals surface area (Å²) in [6, 6.07) is 6.22. The largest absolute Gasteiger partial charge is 0.377 e. The highest BCUT2D eigenvalue weighted by Gasteiger charge is 2.42. The molecule has 1 aromatic carbocycles. The Hall–Kier alpha value is -2.03. The number of nitrogens with one attached hydrogen (secondary N) is 1. The second-order valence-electron chi connectivity index (χ2n) is 8.84. The molecule has 3 saturated heterocycles. The van der Waals surface area contributed by atoms with Crippen LogP contribution >= 0.6 is 0 Å². The van der Waals surface area contributed by atoms with E-state index in [2.05, 4.69) is 10.2 Å². The monoisotopic (exact) mass is 432 g/mol. The molecule has 170 valence electrons. The third kappa shape index (κ3) is 5.42. The number of halogens is 1. The molecule has 1 aromatic rings. The van der Waals surface area contributed by atoms with Crippen molar-refractivity contribution >= 4 is 11.8 Å². The maximum atomic E-state index is 13.4. The normalized spacial score (nSPS) is 26.6. The molecule has 3 heterocycles. The Bertz CT molecular complexity index is 763. The van der Waals surface area contributed by atoms with E-state index in [1.165, 1.54) is 12.1 Å². The Morgan fingerprint density at radius 1 is 1.23 bits per heavy atom. The minimum absolute atomic E-state index is 0.0537. The average Bonchev–Trinajstić information content (AvgIpc) is 3.45. The minimum atomic E-state index is -0.416. The van der Waals surface area contributed by atoms with Crippen LogP contribution in [0.2, 0.25) is 0 Å². The number of carbonyl (C=O) groups excluding carboxylic acids is 2. The maximum absolute atomic E-state index is 13.4. The van der Waals surface area contributed by atoms with Gasteiger partial charge in [0.2, 0.25) is 11.8 Å². The second kappa shape index (κ2) is 10.1. The summed E-state index contributed by atoms with van der Waals surface area (Å²) in [4.78, 5) is 31.6. The van der Waals surface area contributed by atoms with Crippen molar-refractivity contribution in [3.8, 4) is 0 Å². The Kier molecular flexibility index (Phi) is 7.20. The van der Waals surface area contributed by atoms with Crippen LogP contribution in [0.4, 0.5) is 4.39 Å². The summed E-state index contributed by atoms with van der Waals surface area (Å²) < 4.78 is 19.3. The number of carbonyl (C=O) groups is 2. The van der Waals surface area contributed by atoms with E-state index in [0.29, 0.717) is 32.6 Å². The van der Waals surface area contributed by atoms with Crippen molar-refractivity contribution in [3.05, 3.63) is 35.6 Å². The molecule has 3 atom stereocenters. The Morgan fingerprint density at radius 2 is 1.97 bits per heavy atom. The van der Waals surface area contributed by atoms with Gasteiger partial charge >= 0.3 is 0 Å². The highest BCUT2D eigenvalue weighted by Crippen LogP contribution is 2.27. The Labute approximate surface area is 183 Å². The fourth-order valence-corrected chi connectivity index (χ4v) is 4.97. The fourth-order valence-electron chi connectivity index (χ4n) is 4.97. The molecule has 8 heteroatoms. The number of ether oxygens (including phenoxy) is 1. The number of likely N-dealkylation sites (tertiary alicyclic amines) is 1. The van der Waals surface area contributed by atoms with Crippen LogP contribution in [0.15, 0.2) is 24.3 Å². The first-order valence-electron chi connectivity index (χ1n) is 11.4. The first-order valence-corrected chi connectivity index (χ1v) is 11.4. The quantitative estimate of drug-likeness (QED) is 0.733. The highest BCUT2D eigenvalue weighted by atomic mass is 19.1. The predicted octanol–water partition coefficient (Wildman–Crippen LogP) is 1.23. The van der Waals surface area contributed by atoms with Crippen molar-refractivity contribution in [3.63, 3.8) is 0 Å². The van der Waals surface area contributed by atoms with Crippen molar-refractivity contribution in [2.45, 2.75) is 50.9 Å². The maximum Gasteiger partial charge on any atom is 0.245 e. The van der Waals surface area contributed by atoms with Gasteiger partial charge in [-0.1, -0.05) is 12.1 Å². The number of piperazine rings is 1. The summed E-state index contributed by atoms with van der Waals surface area (Å²) in [5, 5.41) is 3.27. The lowest BCUT2D eigenvalue weighted by Gasteiger charge is -2.32. The number of nitrogens with zero attached hydrogens (tertiary/aromatic N) is 3. The van der Waals surface area contributed by atoms with Gasteiger partial charge in [-0.2, -0.15) is 0 Å². The SMILES string of the molecule is CC(=O)N1CC(N(Cc2ccc(F)cc2)CC2CCCO2)CC1C(=O)N1CCNCC1. The van der Waals surface area contributed by atoms with Crippen LogP contribution in [-0.2, 0) is 20.9 Å². The topological polar surface area (TPSA) is 65.1 Å². The van der Waals surface area contributed by atoms with E-state index in [-0.39, 0.29) is 29.8 Å². The molecule has 1 N–H and O–H groups in total. The summed E-state index contributed by atoms with van der Waals surface area (Å²) in [6.45, 7) is 7.20. The third-order valence-corrected chi connectivity index (χ3v) is 6.67. The van der Waals surface area contributed by atoms with Crippen LogP contribution in [0.3, 0.4) is 0 Å². The van der Waals surface area contributed by atoms with Gasteiger partial charge in [0.25, 0.3) is 0 Å². The molecule has 3 aliphatic rings. The number of rotatable bonds is 6. The van der Waals surface area contributed by atoms with Gasteiger partial charge in [-0.3, -0.25) is 14.5 Å². The predicted molar refractivity (Wildman–Crippen MR) is 115 cm³/mol. The second-order valence-corrected chi connectivity index (χ2v) is 8.84. The van der Waals surface area contributed by atoms with Crippen LogP contribution in [0.5, 0.6) is 0 Å². The summed E-state index contributed by atoms with van der Waals surface area (Å²) in [6.07, 6.45) is 2.86. The van der Waals surface area contributed by atoms with Gasteiger partial charge in [-0.05, 0) is 37.0 Å². The summed E-state index contributed by atoms with van der Waals surface area (Å²) in [7, 11) is 0. The number of amides is 2. The molecule has 0 radical (unpaired) electrons. The zero-order valence-electron chi connectivity index (χ0n) is 18.3. The summed E-state index contributed by atoms with van der Waals surface area (Å²) in [5.74, 6) is -0.257. The van der Waals surface area contributed by atoms with Crippen LogP contribution in [-0.4, -0.2) is 90.6 Å². The van der Waals surface area contributed by atoms with Crippen molar-refractivity contribution < 1.29 is 18.7 Å². The van der Waals surface area contributed by atoms with Crippen molar-refractivity contribution in [1.29, 1.82) is 0 Å². The lowest BCUT2D eigenvalue weighted by Crippen LogP contribution is -2.53. The molecule has 3 unspecified atom stereocenters. The van der Waals surface area contributed by atoms with E-state index in [1.807, 2.05) is 4.90 Å². The van der Waals surface area contributed by atoms with E-state index in [1.54, 1.807) is 24.0 Å². The molecule has 0 aliphatic carbocycles. The van der Waals surface area contributed by atoms with Crippen LogP contribution < -0.4 is 5.32 Å². The summed E-state index contributed by atoms with van der Waals surface area (Å²) in [5.41, 5.74) is 1.02. The van der Waals surface area contributed by atoms with Gasteiger partial charge in [-0.15, -0.1) is 0 Å². The van der Waals surface area contributed by atoms with E-state index in [9.17, 15) is 14.0 Å². The molecular formula is C23H33FN4O3. The fraction of sp³-hybridized carbons (Fsp3) is 0.652. The highest BCUT2D eigenvalue weighted by molar-refractivity contribution is 5.87. The van der Waals surface area contributed by atoms with E-state index < -0.39 is 6.04 Å². The van der Waals surface area contributed by atoms with Crippen LogP contribution in [0.1, 0.15) is 31.7 Å². The molecule has 0 saturated carbocycles. The molecule has 3 fully saturated rings. The molecule has 2 amide bonds. The minimum Gasteiger partial charge on any atom is -0.377 e. The molecular weight excluding hydrogens is 399 g/mol. The lowest BCUT2D eigenvalue weighted by molar-refractivity contribution is -0.143.